The molecule has 0 N–H and O–H groups in total. The van der Waals surface area contributed by atoms with Crippen molar-refractivity contribution in [1.82, 2.24) is 25.1 Å². The van der Waals surface area contributed by atoms with E-state index in [0.717, 1.165) is 30.4 Å². The third-order valence-corrected chi connectivity index (χ3v) is 4.15. The number of nitrogens with zero attached hydrogens (tertiary/aromatic N) is 5. The molecule has 7 nitrogen and oxygen atoms in total. The van der Waals surface area contributed by atoms with Gasteiger partial charge >= 0.3 is 0 Å². The van der Waals surface area contributed by atoms with E-state index in [9.17, 15) is 0 Å². The molecular weight excluding hydrogens is 294 g/mol. The molecule has 1 aliphatic rings. The van der Waals surface area contributed by atoms with Gasteiger partial charge in [0.05, 0.1) is 26.8 Å². The molecule has 7 heteroatoms. The van der Waals surface area contributed by atoms with Crippen LogP contribution in [0.3, 0.4) is 0 Å². The molecule has 1 saturated carbocycles. The highest BCUT2D eigenvalue weighted by Gasteiger charge is 2.28. The largest absolute Gasteiger partial charge is 0.493 e. The van der Waals surface area contributed by atoms with Crippen molar-refractivity contribution in [2.45, 2.75) is 38.9 Å². The molecule has 0 aliphatic heterocycles. The Bertz CT molecular complexity index is 681. The summed E-state index contributed by atoms with van der Waals surface area (Å²) in [5, 5.41) is 12.1. The summed E-state index contributed by atoms with van der Waals surface area (Å²) in [4.78, 5) is 2.21. The number of aromatic nitrogens is 4. The molecule has 0 bridgehead atoms. The van der Waals surface area contributed by atoms with Gasteiger partial charge in [-0.15, -0.1) is 5.10 Å². The first-order valence-corrected chi connectivity index (χ1v) is 7.79. The zero-order valence-corrected chi connectivity index (χ0v) is 14.1. The van der Waals surface area contributed by atoms with Crippen LogP contribution in [-0.4, -0.2) is 46.4 Å². The number of benzene rings is 1. The Hall–Kier alpha value is -2.15. The van der Waals surface area contributed by atoms with Crippen molar-refractivity contribution in [2.24, 2.45) is 0 Å². The van der Waals surface area contributed by atoms with Gasteiger partial charge in [-0.05, 0) is 60.5 Å². The molecular formula is C16H23N5O2. The van der Waals surface area contributed by atoms with Gasteiger partial charge < -0.3 is 9.47 Å². The minimum atomic E-state index is 0.496. The highest BCUT2D eigenvalue weighted by Crippen LogP contribution is 2.34. The van der Waals surface area contributed by atoms with Crippen LogP contribution in [0.2, 0.25) is 0 Å². The zero-order valence-electron chi connectivity index (χ0n) is 14.1. The van der Waals surface area contributed by atoms with Crippen LogP contribution in [0.15, 0.2) is 12.1 Å². The van der Waals surface area contributed by atoms with Crippen molar-refractivity contribution in [3.8, 4) is 11.5 Å². The first kappa shape index (κ1) is 15.7. The molecule has 1 aromatic heterocycles. The summed E-state index contributed by atoms with van der Waals surface area (Å²) in [6, 6.07) is 4.54. The molecule has 1 aliphatic carbocycles. The topological polar surface area (TPSA) is 65.3 Å². The number of tetrazole rings is 1. The molecule has 23 heavy (non-hydrogen) atoms. The van der Waals surface area contributed by atoms with E-state index in [0.29, 0.717) is 6.04 Å². The SMILES string of the molecule is COc1cc(C)c(CN(C)Cc2nnnn2C2CC2)cc1OC. The first-order valence-electron chi connectivity index (χ1n) is 7.79. The molecule has 0 spiro atoms. The third-order valence-electron chi connectivity index (χ3n) is 4.15. The van der Waals surface area contributed by atoms with Gasteiger partial charge in [0.25, 0.3) is 0 Å². The minimum absolute atomic E-state index is 0.496. The Morgan fingerprint density at radius 3 is 2.52 bits per heavy atom. The van der Waals surface area contributed by atoms with E-state index < -0.39 is 0 Å². The van der Waals surface area contributed by atoms with Crippen LogP contribution >= 0.6 is 0 Å². The van der Waals surface area contributed by atoms with Crippen LogP contribution in [0, 0.1) is 6.92 Å². The van der Waals surface area contributed by atoms with E-state index in [4.69, 9.17) is 9.47 Å². The lowest BCUT2D eigenvalue weighted by molar-refractivity contribution is 0.300. The van der Waals surface area contributed by atoms with Gasteiger partial charge in [0, 0.05) is 6.54 Å². The average Bonchev–Trinajstić information content (AvgIpc) is 3.29. The summed E-state index contributed by atoms with van der Waals surface area (Å²) in [6.07, 6.45) is 2.35. The molecule has 1 heterocycles. The van der Waals surface area contributed by atoms with Crippen molar-refractivity contribution >= 4 is 0 Å². The van der Waals surface area contributed by atoms with Crippen molar-refractivity contribution < 1.29 is 9.47 Å². The van der Waals surface area contributed by atoms with Gasteiger partial charge in [0.2, 0.25) is 0 Å². The summed E-state index contributed by atoms with van der Waals surface area (Å²) < 4.78 is 12.7. The molecule has 124 valence electrons. The lowest BCUT2D eigenvalue weighted by Crippen LogP contribution is -2.21. The van der Waals surface area contributed by atoms with E-state index >= 15 is 0 Å². The summed E-state index contributed by atoms with van der Waals surface area (Å²) >= 11 is 0. The molecule has 0 amide bonds. The van der Waals surface area contributed by atoms with E-state index in [2.05, 4.69) is 34.4 Å². The van der Waals surface area contributed by atoms with Crippen molar-refractivity contribution in [3.05, 3.63) is 29.1 Å². The summed E-state index contributed by atoms with van der Waals surface area (Å²) in [6.45, 7) is 3.60. The van der Waals surface area contributed by atoms with Gasteiger partial charge in [-0.2, -0.15) is 0 Å². The summed E-state index contributed by atoms with van der Waals surface area (Å²) in [5.74, 6) is 2.44. The maximum Gasteiger partial charge on any atom is 0.165 e. The highest BCUT2D eigenvalue weighted by molar-refractivity contribution is 5.47. The molecule has 0 unspecified atom stereocenters. The average molecular weight is 317 g/mol. The van der Waals surface area contributed by atoms with Gasteiger partial charge in [-0.25, -0.2) is 4.68 Å². The molecule has 0 saturated heterocycles. The maximum atomic E-state index is 5.40. The molecule has 2 aromatic rings. The van der Waals surface area contributed by atoms with E-state index in [1.54, 1.807) is 14.2 Å². The van der Waals surface area contributed by atoms with Crippen molar-refractivity contribution in [3.63, 3.8) is 0 Å². The van der Waals surface area contributed by atoms with Crippen LogP contribution in [-0.2, 0) is 13.1 Å². The number of hydrogen-bond acceptors (Lipinski definition) is 6. The lowest BCUT2D eigenvalue weighted by Gasteiger charge is -2.19. The maximum absolute atomic E-state index is 5.40. The molecule has 0 atom stereocenters. The van der Waals surface area contributed by atoms with Crippen molar-refractivity contribution in [1.29, 1.82) is 0 Å². The Morgan fingerprint density at radius 1 is 1.17 bits per heavy atom. The van der Waals surface area contributed by atoms with Gasteiger partial charge in [0.1, 0.15) is 0 Å². The van der Waals surface area contributed by atoms with Crippen LogP contribution in [0.4, 0.5) is 0 Å². The molecule has 0 radical (unpaired) electrons. The van der Waals surface area contributed by atoms with E-state index in [1.165, 1.54) is 24.0 Å². The molecule has 1 fully saturated rings. The first-order chi connectivity index (χ1) is 11.1. The van der Waals surface area contributed by atoms with Gasteiger partial charge in [0.15, 0.2) is 17.3 Å². The number of rotatable bonds is 7. The van der Waals surface area contributed by atoms with Crippen LogP contribution < -0.4 is 9.47 Å². The van der Waals surface area contributed by atoms with Crippen LogP contribution in [0.5, 0.6) is 11.5 Å². The van der Waals surface area contributed by atoms with Crippen LogP contribution in [0.25, 0.3) is 0 Å². The second-order valence-electron chi connectivity index (χ2n) is 6.08. The predicted octanol–water partition coefficient (Wildman–Crippen LogP) is 1.97. The summed E-state index contributed by atoms with van der Waals surface area (Å²) in [7, 11) is 5.38. The number of ether oxygens (including phenoxy) is 2. The second kappa shape index (κ2) is 6.54. The highest BCUT2D eigenvalue weighted by atomic mass is 16.5. The predicted molar refractivity (Wildman–Crippen MR) is 85.5 cm³/mol. The number of methoxy groups -OCH3 is 2. The fourth-order valence-corrected chi connectivity index (χ4v) is 2.70. The molecule has 1 aromatic carbocycles. The lowest BCUT2D eigenvalue weighted by atomic mass is 10.1. The summed E-state index contributed by atoms with van der Waals surface area (Å²) in [5.41, 5.74) is 2.38. The molecule has 3 rings (SSSR count). The van der Waals surface area contributed by atoms with Crippen molar-refractivity contribution in [2.75, 3.05) is 21.3 Å². The minimum Gasteiger partial charge on any atom is -0.493 e. The fraction of sp³-hybridized carbons (Fsp3) is 0.562. The Morgan fingerprint density at radius 2 is 1.87 bits per heavy atom. The standard InChI is InChI=1S/C16H23N5O2/c1-11-7-14(22-3)15(23-4)8-12(11)9-20(2)10-16-17-18-19-21(16)13-5-6-13/h7-8,13H,5-6,9-10H2,1-4H3. The van der Waals surface area contributed by atoms with Gasteiger partial charge in [-0.1, -0.05) is 0 Å². The smallest absolute Gasteiger partial charge is 0.165 e. The Balaban J connectivity index is 1.72. The zero-order chi connectivity index (χ0) is 16.4. The van der Waals surface area contributed by atoms with Gasteiger partial charge in [-0.3, -0.25) is 4.90 Å². The quantitative estimate of drug-likeness (QED) is 0.778. The monoisotopic (exact) mass is 317 g/mol. The van der Waals surface area contributed by atoms with E-state index in [-0.39, 0.29) is 0 Å². The number of hydrogen-bond donors (Lipinski definition) is 0. The normalized spacial score (nSPS) is 14.3. The fourth-order valence-electron chi connectivity index (χ4n) is 2.70. The second-order valence-corrected chi connectivity index (χ2v) is 6.08. The Kier molecular flexibility index (Phi) is 4.47. The Labute approximate surface area is 136 Å². The van der Waals surface area contributed by atoms with E-state index in [1.807, 2.05) is 16.8 Å². The van der Waals surface area contributed by atoms with Crippen LogP contribution in [0.1, 0.15) is 35.8 Å². The third kappa shape index (κ3) is 3.44. The number of aryl methyl sites for hydroxylation is 1.